The molecule has 4 aromatic rings. The molecule has 176 valence electrons. The van der Waals surface area contributed by atoms with Crippen molar-refractivity contribution in [2.24, 2.45) is 10.1 Å². The Labute approximate surface area is 201 Å². The van der Waals surface area contributed by atoms with Gasteiger partial charge in [0.25, 0.3) is 5.91 Å². The van der Waals surface area contributed by atoms with Gasteiger partial charge in [-0.1, -0.05) is 0 Å². The minimum absolute atomic E-state index is 0.0568. The van der Waals surface area contributed by atoms with E-state index in [9.17, 15) is 24.5 Å². The van der Waals surface area contributed by atoms with Crippen LogP contribution in [0.25, 0.3) is 11.3 Å². The van der Waals surface area contributed by atoms with Gasteiger partial charge in [0, 0.05) is 16.5 Å². The number of nitrogens with one attached hydrogen (secondary N) is 1. The normalized spacial score (nSPS) is 13.5. The maximum atomic E-state index is 13.3. The Morgan fingerprint density at radius 1 is 1.06 bits per heavy atom. The highest BCUT2D eigenvalue weighted by molar-refractivity contribution is 7.07. The van der Waals surface area contributed by atoms with Gasteiger partial charge in [-0.25, -0.2) is 14.1 Å². The van der Waals surface area contributed by atoms with Crippen molar-refractivity contribution < 1.29 is 29.2 Å². The number of hydrogen-bond acceptors (Lipinski definition) is 8. The van der Waals surface area contributed by atoms with Crippen LogP contribution in [0, 0.1) is 5.82 Å². The minimum Gasteiger partial charge on any atom is -0.504 e. The van der Waals surface area contributed by atoms with E-state index >= 15 is 0 Å². The third kappa shape index (κ3) is 4.44. The summed E-state index contributed by atoms with van der Waals surface area (Å²) < 4.78 is 20.3. The van der Waals surface area contributed by atoms with Crippen molar-refractivity contribution in [1.29, 1.82) is 0 Å². The predicted molar refractivity (Wildman–Crippen MR) is 128 cm³/mol. The van der Waals surface area contributed by atoms with E-state index in [0.29, 0.717) is 33.2 Å². The number of aromatic nitrogens is 1. The summed E-state index contributed by atoms with van der Waals surface area (Å²) in [4.78, 5) is 16.7. The lowest BCUT2D eigenvalue weighted by Crippen LogP contribution is -2.25. The SMILES string of the molecule is O=C1COc2ccc(-c3csc(=Nc4ccc(F)cc4)n3N=Cc3ccc(O)c(O)c3O)cc2N1. The van der Waals surface area contributed by atoms with Gasteiger partial charge in [-0.05, 0) is 54.6 Å². The van der Waals surface area contributed by atoms with E-state index in [1.807, 2.05) is 0 Å². The molecule has 0 bridgehead atoms. The summed E-state index contributed by atoms with van der Waals surface area (Å²) in [5.41, 5.74) is 2.47. The molecule has 0 aliphatic carbocycles. The molecule has 4 N–H and O–H groups in total. The standard InChI is InChI=1S/C24H17FN4O5S/c25-15-3-5-16(6-4-15)27-24-29(26-10-14-1-7-19(30)23(33)22(14)32)18(12-35-24)13-2-8-20-17(9-13)28-21(31)11-34-20/h1-10,12,30,32-33H,11H2,(H,28,31). The Balaban J connectivity index is 1.64. The molecule has 11 heteroatoms. The molecule has 1 aliphatic heterocycles. The summed E-state index contributed by atoms with van der Waals surface area (Å²) >= 11 is 1.27. The summed E-state index contributed by atoms with van der Waals surface area (Å²) in [7, 11) is 0. The molecule has 3 aromatic carbocycles. The highest BCUT2D eigenvalue weighted by atomic mass is 32.1. The summed E-state index contributed by atoms with van der Waals surface area (Å²) in [6, 6.07) is 13.5. The Kier molecular flexibility index (Phi) is 5.67. The molecule has 1 aromatic heterocycles. The van der Waals surface area contributed by atoms with E-state index in [1.54, 1.807) is 23.6 Å². The van der Waals surface area contributed by atoms with Gasteiger partial charge >= 0.3 is 0 Å². The largest absolute Gasteiger partial charge is 0.504 e. The van der Waals surface area contributed by atoms with Crippen molar-refractivity contribution >= 4 is 34.8 Å². The van der Waals surface area contributed by atoms with Crippen LogP contribution in [0.4, 0.5) is 15.8 Å². The number of phenolic OH excluding ortho intramolecular Hbond substituents is 3. The number of nitrogens with zero attached hydrogens (tertiary/aromatic N) is 3. The molecule has 0 saturated carbocycles. The lowest BCUT2D eigenvalue weighted by molar-refractivity contribution is -0.118. The van der Waals surface area contributed by atoms with Crippen LogP contribution in [-0.2, 0) is 4.79 Å². The number of phenols is 3. The molecule has 0 spiro atoms. The highest BCUT2D eigenvalue weighted by Gasteiger charge is 2.18. The lowest BCUT2D eigenvalue weighted by atomic mass is 10.1. The summed E-state index contributed by atoms with van der Waals surface area (Å²) in [6.07, 6.45) is 1.30. The third-order valence-electron chi connectivity index (χ3n) is 5.12. The Hall–Kier alpha value is -4.64. The monoisotopic (exact) mass is 492 g/mol. The number of fused-ring (bicyclic) bond motifs is 1. The van der Waals surface area contributed by atoms with Gasteiger partial charge in [0.2, 0.25) is 10.6 Å². The van der Waals surface area contributed by atoms with E-state index in [-0.39, 0.29) is 23.9 Å². The third-order valence-corrected chi connectivity index (χ3v) is 5.93. The summed E-state index contributed by atoms with van der Waals surface area (Å²) in [5.74, 6) is -1.76. The van der Waals surface area contributed by atoms with Gasteiger partial charge in [-0.2, -0.15) is 5.10 Å². The first-order valence-electron chi connectivity index (χ1n) is 10.3. The Morgan fingerprint density at radius 2 is 1.86 bits per heavy atom. The van der Waals surface area contributed by atoms with E-state index < -0.39 is 17.2 Å². The molecule has 2 heterocycles. The maximum Gasteiger partial charge on any atom is 0.262 e. The average Bonchev–Trinajstić information content (AvgIpc) is 3.25. The molecule has 1 aliphatic rings. The fourth-order valence-electron chi connectivity index (χ4n) is 3.36. The molecule has 0 saturated heterocycles. The Bertz CT molecular complexity index is 1540. The van der Waals surface area contributed by atoms with Crippen LogP contribution in [0.15, 0.2) is 70.1 Å². The smallest absolute Gasteiger partial charge is 0.262 e. The number of rotatable bonds is 4. The second-order valence-electron chi connectivity index (χ2n) is 7.47. The second-order valence-corrected chi connectivity index (χ2v) is 8.30. The number of ether oxygens (including phenoxy) is 1. The number of hydrogen-bond donors (Lipinski definition) is 4. The number of carbonyl (C=O) groups excluding carboxylic acids is 1. The Morgan fingerprint density at radius 3 is 2.66 bits per heavy atom. The number of halogens is 1. The van der Waals surface area contributed by atoms with Gasteiger partial charge in [-0.3, -0.25) is 4.79 Å². The van der Waals surface area contributed by atoms with Crippen molar-refractivity contribution in [3.8, 4) is 34.3 Å². The fraction of sp³-hybridized carbons (Fsp3) is 0.0417. The fourth-order valence-corrected chi connectivity index (χ4v) is 4.22. The van der Waals surface area contributed by atoms with Gasteiger partial charge in [-0.15, -0.1) is 11.3 Å². The van der Waals surface area contributed by atoms with Crippen LogP contribution in [-0.4, -0.2) is 38.7 Å². The summed E-state index contributed by atoms with van der Waals surface area (Å²) in [5, 5.41) is 38.6. The first-order chi connectivity index (χ1) is 16.9. The van der Waals surface area contributed by atoms with Gasteiger partial charge in [0.15, 0.2) is 18.1 Å². The van der Waals surface area contributed by atoms with Crippen molar-refractivity contribution in [2.45, 2.75) is 0 Å². The summed E-state index contributed by atoms with van der Waals surface area (Å²) in [6.45, 7) is -0.0568. The van der Waals surface area contributed by atoms with Crippen LogP contribution in [0.3, 0.4) is 0 Å². The highest BCUT2D eigenvalue weighted by Crippen LogP contribution is 2.36. The zero-order valence-electron chi connectivity index (χ0n) is 17.8. The second kappa shape index (κ2) is 8.95. The molecule has 1 amide bonds. The number of anilines is 1. The topological polar surface area (TPSA) is 129 Å². The maximum absolute atomic E-state index is 13.3. The molecule has 9 nitrogen and oxygen atoms in total. The van der Waals surface area contributed by atoms with Crippen molar-refractivity contribution in [1.82, 2.24) is 4.68 Å². The molecular formula is C24H17FN4O5S. The zero-order chi connectivity index (χ0) is 24.5. The van der Waals surface area contributed by atoms with Crippen molar-refractivity contribution in [3.05, 3.63) is 76.2 Å². The van der Waals surface area contributed by atoms with E-state index in [1.165, 1.54) is 58.6 Å². The number of amides is 1. The zero-order valence-corrected chi connectivity index (χ0v) is 18.7. The van der Waals surface area contributed by atoms with Crippen LogP contribution in [0.2, 0.25) is 0 Å². The lowest BCUT2D eigenvalue weighted by Gasteiger charge is -2.18. The molecule has 0 fully saturated rings. The van der Waals surface area contributed by atoms with Gasteiger partial charge in [0.05, 0.1) is 23.3 Å². The van der Waals surface area contributed by atoms with Crippen molar-refractivity contribution in [2.75, 3.05) is 11.9 Å². The van der Waals surface area contributed by atoms with Gasteiger partial charge in [0.1, 0.15) is 11.6 Å². The first-order valence-corrected chi connectivity index (χ1v) is 11.1. The van der Waals surface area contributed by atoms with Crippen LogP contribution in [0.5, 0.6) is 23.0 Å². The van der Waals surface area contributed by atoms with Gasteiger partial charge < -0.3 is 25.4 Å². The number of aromatic hydroxyl groups is 3. The number of thiazole rings is 1. The first kappa shape index (κ1) is 22.2. The van der Waals surface area contributed by atoms with E-state index in [2.05, 4.69) is 15.4 Å². The molecule has 0 radical (unpaired) electrons. The average molecular weight is 492 g/mol. The molecular weight excluding hydrogens is 475 g/mol. The van der Waals surface area contributed by atoms with E-state index in [0.717, 1.165) is 0 Å². The molecule has 0 unspecified atom stereocenters. The van der Waals surface area contributed by atoms with E-state index in [4.69, 9.17) is 4.74 Å². The van der Waals surface area contributed by atoms with Crippen LogP contribution in [0.1, 0.15) is 5.56 Å². The van der Waals surface area contributed by atoms with Crippen LogP contribution >= 0.6 is 11.3 Å². The number of carbonyl (C=O) groups is 1. The molecule has 0 atom stereocenters. The quantitative estimate of drug-likeness (QED) is 0.254. The van der Waals surface area contributed by atoms with Crippen LogP contribution < -0.4 is 14.9 Å². The minimum atomic E-state index is -0.661. The number of benzene rings is 3. The van der Waals surface area contributed by atoms with Crippen molar-refractivity contribution in [3.63, 3.8) is 0 Å². The predicted octanol–water partition coefficient (Wildman–Crippen LogP) is 3.92. The molecule has 35 heavy (non-hydrogen) atoms. The molecule has 5 rings (SSSR count).